The van der Waals surface area contributed by atoms with Gasteiger partial charge in [0.2, 0.25) is 5.91 Å². The lowest BCUT2D eigenvalue weighted by Crippen LogP contribution is -2.68. The van der Waals surface area contributed by atoms with Crippen LogP contribution < -0.4 is 5.32 Å². The number of carbonyl (C=O) groups is 1. The molecule has 186 valence electrons. The van der Waals surface area contributed by atoms with Gasteiger partial charge in [-0.05, 0) is 44.6 Å². The number of aliphatic hydroxyl groups excluding tert-OH is 2. The highest BCUT2D eigenvalue weighted by molar-refractivity contribution is 5.88. The highest BCUT2D eigenvalue weighted by Crippen LogP contribution is 2.59. The molecule has 10 atom stereocenters. The summed E-state index contributed by atoms with van der Waals surface area (Å²) in [6.45, 7) is 7.22. The third-order valence-corrected chi connectivity index (χ3v) is 8.68. The number of hydrogen-bond acceptors (Lipinski definition) is 5. The molecule has 0 unspecified atom stereocenters. The molecule has 3 aliphatic rings. The quantitative estimate of drug-likeness (QED) is 0.427. The average Bonchev–Trinajstić information content (AvgIpc) is 3.05. The Morgan fingerprint density at radius 2 is 1.74 bits per heavy atom. The lowest BCUT2D eigenvalue weighted by atomic mass is 9.48. The van der Waals surface area contributed by atoms with Gasteiger partial charge < -0.3 is 25.7 Å². The zero-order chi connectivity index (χ0) is 24.9. The molecule has 1 amide bonds. The van der Waals surface area contributed by atoms with E-state index >= 15 is 0 Å². The van der Waals surface area contributed by atoms with E-state index in [0.29, 0.717) is 19.3 Å². The Morgan fingerprint density at radius 3 is 2.41 bits per heavy atom. The highest BCUT2D eigenvalue weighted by Gasteiger charge is 2.72. The summed E-state index contributed by atoms with van der Waals surface area (Å²) < 4.78 is 0. The maximum Gasteiger partial charge on any atom is 0.230 e. The predicted octanol–water partition coefficient (Wildman–Crippen LogP) is 2.36. The number of rotatable bonds is 2. The third-order valence-electron chi connectivity index (χ3n) is 8.68. The van der Waals surface area contributed by atoms with Crippen molar-refractivity contribution < 1.29 is 25.2 Å². The molecule has 1 spiro atoms. The normalized spacial score (nSPS) is 46.8. The molecule has 34 heavy (non-hydrogen) atoms. The van der Waals surface area contributed by atoms with Crippen LogP contribution in [0, 0.1) is 29.1 Å². The largest absolute Gasteiger partial charge is 0.392 e. The molecule has 0 radical (unpaired) electrons. The zero-order valence-corrected chi connectivity index (χ0v) is 20.6. The summed E-state index contributed by atoms with van der Waals surface area (Å²) in [4.78, 5) is 13.9. The van der Waals surface area contributed by atoms with Gasteiger partial charge in [0.25, 0.3) is 0 Å². The van der Waals surface area contributed by atoms with Gasteiger partial charge in [-0.15, -0.1) is 0 Å². The molecule has 2 fully saturated rings. The van der Waals surface area contributed by atoms with Gasteiger partial charge in [-0.25, -0.2) is 0 Å². The molecule has 1 aliphatic heterocycles. The zero-order valence-electron chi connectivity index (χ0n) is 20.6. The van der Waals surface area contributed by atoms with E-state index in [2.05, 4.69) is 5.32 Å². The number of allylic oxidation sites excluding steroid dienone is 1. The van der Waals surface area contributed by atoms with Crippen LogP contribution in [0.15, 0.2) is 54.6 Å². The Hall–Kier alpha value is -1.99. The molecule has 5 N–H and O–H groups in total. The molecule has 1 saturated heterocycles. The molecule has 2 aliphatic carbocycles. The highest BCUT2D eigenvalue weighted by atomic mass is 16.3. The van der Waals surface area contributed by atoms with E-state index in [1.54, 1.807) is 19.9 Å². The number of amides is 1. The van der Waals surface area contributed by atoms with Gasteiger partial charge in [-0.3, -0.25) is 4.79 Å². The minimum absolute atomic E-state index is 0.169. The van der Waals surface area contributed by atoms with Crippen molar-refractivity contribution in [2.75, 3.05) is 0 Å². The van der Waals surface area contributed by atoms with Gasteiger partial charge in [0.05, 0.1) is 28.8 Å². The Balaban J connectivity index is 1.89. The van der Waals surface area contributed by atoms with Crippen LogP contribution in [0.2, 0.25) is 0 Å². The van der Waals surface area contributed by atoms with Crippen LogP contribution in [0.25, 0.3) is 0 Å². The first-order valence-corrected chi connectivity index (χ1v) is 12.4. The van der Waals surface area contributed by atoms with Crippen molar-refractivity contribution in [3.63, 3.8) is 0 Å². The average molecular weight is 470 g/mol. The Bertz CT molecular complexity index is 955. The van der Waals surface area contributed by atoms with Crippen molar-refractivity contribution >= 4 is 5.91 Å². The maximum absolute atomic E-state index is 13.9. The van der Waals surface area contributed by atoms with E-state index in [0.717, 1.165) is 5.56 Å². The Morgan fingerprint density at radius 1 is 1.06 bits per heavy atom. The number of benzene rings is 1. The van der Waals surface area contributed by atoms with Crippen LogP contribution in [-0.4, -0.2) is 55.8 Å². The van der Waals surface area contributed by atoms with Gasteiger partial charge in [-0.2, -0.15) is 0 Å². The van der Waals surface area contributed by atoms with Crippen LogP contribution in [-0.2, 0) is 11.2 Å². The van der Waals surface area contributed by atoms with E-state index in [1.165, 1.54) is 6.08 Å². The lowest BCUT2D eigenvalue weighted by Gasteiger charge is -2.57. The van der Waals surface area contributed by atoms with E-state index < -0.39 is 52.6 Å². The van der Waals surface area contributed by atoms with Crippen LogP contribution in [0.5, 0.6) is 0 Å². The molecule has 6 heteroatoms. The first-order chi connectivity index (χ1) is 15.9. The van der Waals surface area contributed by atoms with Crippen molar-refractivity contribution in [1.29, 1.82) is 0 Å². The second-order valence-electron chi connectivity index (χ2n) is 11.3. The number of hydrogen-bond donors (Lipinski definition) is 5. The number of carbonyl (C=O) groups excluding carboxylic acids is 1. The predicted molar refractivity (Wildman–Crippen MR) is 131 cm³/mol. The summed E-state index contributed by atoms with van der Waals surface area (Å²) in [5.41, 5.74) is -3.04. The van der Waals surface area contributed by atoms with Gasteiger partial charge in [0, 0.05) is 23.8 Å². The topological polar surface area (TPSA) is 110 Å². The molecular formula is C28H39NO5. The standard InChI is InChI=1S/C28H39NO5/c1-17-9-8-12-20-23(31)18(2)27(4,34)24-21(15-19-10-6-5-7-11-19)29-25(32)28(20,24)22(30)13-14-26(3,33)16-17/h5-8,10-14,17-18,20-24,30-31,33-34H,9,15-16H2,1-4H3,(H,29,32)/t17-,18-,20-,21-,22+,23+,24+,26-,27+,28+/m0/s1. The third kappa shape index (κ3) is 4.05. The van der Waals surface area contributed by atoms with Crippen molar-refractivity contribution in [1.82, 2.24) is 5.32 Å². The van der Waals surface area contributed by atoms with Crippen LogP contribution in [0.4, 0.5) is 0 Å². The van der Waals surface area contributed by atoms with Crippen LogP contribution in [0.1, 0.15) is 46.1 Å². The summed E-state index contributed by atoms with van der Waals surface area (Å²) >= 11 is 0. The van der Waals surface area contributed by atoms with Gasteiger partial charge >= 0.3 is 0 Å². The van der Waals surface area contributed by atoms with Crippen LogP contribution >= 0.6 is 0 Å². The van der Waals surface area contributed by atoms with E-state index in [1.807, 2.05) is 56.3 Å². The summed E-state index contributed by atoms with van der Waals surface area (Å²) in [6, 6.07) is 9.34. The SMILES string of the molecule is C[C@H]1CC=C[C@H]2[C@H](O)[C@H](C)[C@@](C)(O)[C@H]3[C@H](Cc4ccccc4)NC(=O)[C@]32[C@H](O)C=C[C@](C)(O)C1. The fourth-order valence-electron chi connectivity index (χ4n) is 6.92. The smallest absolute Gasteiger partial charge is 0.230 e. The van der Waals surface area contributed by atoms with Crippen molar-refractivity contribution in [2.24, 2.45) is 29.1 Å². The number of nitrogens with one attached hydrogen (secondary N) is 1. The minimum Gasteiger partial charge on any atom is -0.392 e. The first kappa shape index (κ1) is 25.1. The maximum atomic E-state index is 13.9. The Kier molecular flexibility index (Phi) is 6.58. The molecule has 1 saturated carbocycles. The van der Waals surface area contributed by atoms with Crippen molar-refractivity contribution in [2.45, 2.75) is 76.4 Å². The summed E-state index contributed by atoms with van der Waals surface area (Å²) in [5, 5.41) is 48.9. The lowest BCUT2D eigenvalue weighted by molar-refractivity contribution is -0.211. The molecule has 1 aromatic carbocycles. The van der Waals surface area contributed by atoms with E-state index in [9.17, 15) is 25.2 Å². The molecule has 4 rings (SSSR count). The number of aliphatic hydroxyl groups is 4. The molecule has 6 nitrogen and oxygen atoms in total. The van der Waals surface area contributed by atoms with E-state index in [-0.39, 0.29) is 11.8 Å². The molecule has 1 heterocycles. The molecule has 1 aromatic rings. The van der Waals surface area contributed by atoms with Crippen LogP contribution in [0.3, 0.4) is 0 Å². The van der Waals surface area contributed by atoms with Gasteiger partial charge in [0.15, 0.2) is 0 Å². The molecule has 0 aromatic heterocycles. The van der Waals surface area contributed by atoms with Gasteiger partial charge in [0.1, 0.15) is 0 Å². The van der Waals surface area contributed by atoms with Crippen molar-refractivity contribution in [3.05, 3.63) is 60.2 Å². The minimum atomic E-state index is -1.48. The van der Waals surface area contributed by atoms with Gasteiger partial charge in [-0.1, -0.05) is 68.5 Å². The fourth-order valence-corrected chi connectivity index (χ4v) is 6.92. The summed E-state index contributed by atoms with van der Waals surface area (Å²) in [6.07, 6.45) is 6.22. The second-order valence-corrected chi connectivity index (χ2v) is 11.3. The summed E-state index contributed by atoms with van der Waals surface area (Å²) in [5.74, 6) is -2.08. The molecule has 0 bridgehead atoms. The fraction of sp³-hybridized carbons (Fsp3) is 0.607. The van der Waals surface area contributed by atoms with Crippen molar-refractivity contribution in [3.8, 4) is 0 Å². The monoisotopic (exact) mass is 469 g/mol. The second kappa shape index (κ2) is 8.90. The Labute approximate surface area is 202 Å². The summed E-state index contributed by atoms with van der Waals surface area (Å²) in [7, 11) is 0. The van der Waals surface area contributed by atoms with E-state index in [4.69, 9.17) is 0 Å². The molecular weight excluding hydrogens is 430 g/mol. The first-order valence-electron chi connectivity index (χ1n) is 12.4.